The molecule has 1 aliphatic heterocycles. The second kappa shape index (κ2) is 8.63. The number of guanidine groups is 1. The quantitative estimate of drug-likeness (QED) is 0.598. The van der Waals surface area contributed by atoms with Gasteiger partial charge in [0.25, 0.3) is 0 Å². The van der Waals surface area contributed by atoms with E-state index in [-0.39, 0.29) is 6.04 Å². The summed E-state index contributed by atoms with van der Waals surface area (Å²) < 4.78 is 5.66. The summed E-state index contributed by atoms with van der Waals surface area (Å²) in [7, 11) is 0. The number of hydrogen-bond donors (Lipinski definition) is 2. The summed E-state index contributed by atoms with van der Waals surface area (Å²) >= 11 is 0. The van der Waals surface area contributed by atoms with E-state index in [1.807, 2.05) is 18.2 Å². The van der Waals surface area contributed by atoms with E-state index in [2.05, 4.69) is 35.1 Å². The van der Waals surface area contributed by atoms with Crippen LogP contribution in [-0.2, 0) is 0 Å². The minimum absolute atomic E-state index is 0.187. The molecule has 2 rings (SSSR count). The zero-order chi connectivity index (χ0) is 15.8. The maximum atomic E-state index is 6.04. The molecule has 3 N–H and O–H groups in total. The number of nitrogens with one attached hydrogen (secondary N) is 1. The lowest BCUT2D eigenvalue weighted by Crippen LogP contribution is -2.38. The summed E-state index contributed by atoms with van der Waals surface area (Å²) in [5, 5.41) is 3.33. The first-order valence-electron chi connectivity index (χ1n) is 8.25. The summed E-state index contributed by atoms with van der Waals surface area (Å²) in [5.41, 5.74) is 7.20. The minimum atomic E-state index is 0.187. The number of ether oxygens (including phenoxy) is 1. The Balaban J connectivity index is 1.87. The molecule has 0 saturated carbocycles. The number of para-hydroxylation sites is 1. The van der Waals surface area contributed by atoms with E-state index in [1.165, 1.54) is 6.42 Å². The minimum Gasteiger partial charge on any atom is -0.493 e. The number of fused-ring (bicyclic) bond motifs is 1. The van der Waals surface area contributed by atoms with Crippen molar-refractivity contribution >= 4 is 5.96 Å². The monoisotopic (exact) mass is 304 g/mol. The van der Waals surface area contributed by atoms with Crippen LogP contribution in [0.15, 0.2) is 29.3 Å². The molecule has 0 spiro atoms. The van der Waals surface area contributed by atoms with Gasteiger partial charge in [0.2, 0.25) is 0 Å². The Labute approximate surface area is 133 Å². The molecule has 0 radical (unpaired) electrons. The van der Waals surface area contributed by atoms with Crippen LogP contribution in [0.1, 0.15) is 38.3 Å². The van der Waals surface area contributed by atoms with Crippen molar-refractivity contribution in [3.63, 3.8) is 0 Å². The highest BCUT2D eigenvalue weighted by atomic mass is 16.5. The molecule has 0 amide bonds. The van der Waals surface area contributed by atoms with Crippen LogP contribution in [0.4, 0.5) is 0 Å². The van der Waals surface area contributed by atoms with Gasteiger partial charge in [-0.05, 0) is 25.6 Å². The smallest absolute Gasteiger partial charge is 0.189 e. The van der Waals surface area contributed by atoms with Crippen molar-refractivity contribution in [2.75, 3.05) is 32.8 Å². The number of hydrogen-bond acceptors (Lipinski definition) is 3. The van der Waals surface area contributed by atoms with E-state index >= 15 is 0 Å². The Morgan fingerprint density at radius 2 is 2.18 bits per heavy atom. The Kier molecular flexibility index (Phi) is 6.52. The summed E-state index contributed by atoms with van der Waals surface area (Å²) in [6, 6.07) is 8.29. The fourth-order valence-corrected chi connectivity index (χ4v) is 2.77. The van der Waals surface area contributed by atoms with Gasteiger partial charge in [-0.15, -0.1) is 0 Å². The molecule has 1 atom stereocenters. The Morgan fingerprint density at radius 1 is 1.36 bits per heavy atom. The number of aliphatic imine (C=N–C) groups is 1. The molecule has 22 heavy (non-hydrogen) atoms. The molecule has 5 heteroatoms. The van der Waals surface area contributed by atoms with Crippen molar-refractivity contribution in [3.05, 3.63) is 29.8 Å². The van der Waals surface area contributed by atoms with E-state index < -0.39 is 0 Å². The number of nitrogens with two attached hydrogens (primary N) is 1. The zero-order valence-corrected chi connectivity index (χ0v) is 13.7. The molecule has 0 saturated heterocycles. The molecule has 0 fully saturated rings. The standard InChI is InChI=1S/C17H28N4O/c1-3-11-21(4-2)12-10-19-17(18)20-15-9-13-22-16-8-6-5-7-14(15)16/h5-8,15H,3-4,9-13H2,1-2H3,(H3,18,19,20). The number of likely N-dealkylation sites (N-methyl/N-ethyl adjacent to an activating group) is 1. The summed E-state index contributed by atoms with van der Waals surface area (Å²) in [4.78, 5) is 6.85. The first-order valence-corrected chi connectivity index (χ1v) is 8.25. The van der Waals surface area contributed by atoms with Gasteiger partial charge in [-0.25, -0.2) is 0 Å². The Morgan fingerprint density at radius 3 is 2.95 bits per heavy atom. The summed E-state index contributed by atoms with van der Waals surface area (Å²) in [6.07, 6.45) is 2.08. The van der Waals surface area contributed by atoms with Crippen LogP contribution in [-0.4, -0.2) is 43.6 Å². The predicted octanol–water partition coefficient (Wildman–Crippen LogP) is 2.15. The van der Waals surface area contributed by atoms with Gasteiger partial charge in [-0.2, -0.15) is 0 Å². The van der Waals surface area contributed by atoms with E-state index in [0.717, 1.165) is 43.9 Å². The second-order valence-corrected chi connectivity index (χ2v) is 5.57. The van der Waals surface area contributed by atoms with Crippen LogP contribution in [0, 0.1) is 0 Å². The first-order chi connectivity index (χ1) is 10.7. The molecule has 1 aliphatic rings. The van der Waals surface area contributed by atoms with Crippen LogP contribution in [0.25, 0.3) is 0 Å². The zero-order valence-electron chi connectivity index (χ0n) is 13.7. The summed E-state index contributed by atoms with van der Waals surface area (Å²) in [5.74, 6) is 1.47. The molecular weight excluding hydrogens is 276 g/mol. The van der Waals surface area contributed by atoms with E-state index in [9.17, 15) is 0 Å². The first kappa shape index (κ1) is 16.6. The van der Waals surface area contributed by atoms with Gasteiger partial charge >= 0.3 is 0 Å². The summed E-state index contributed by atoms with van der Waals surface area (Å²) in [6.45, 7) is 8.96. The molecule has 0 aliphatic carbocycles. The van der Waals surface area contributed by atoms with E-state index in [0.29, 0.717) is 12.6 Å². The van der Waals surface area contributed by atoms with Crippen LogP contribution in [0.3, 0.4) is 0 Å². The highest BCUT2D eigenvalue weighted by molar-refractivity contribution is 5.78. The van der Waals surface area contributed by atoms with Gasteiger partial charge in [0.1, 0.15) is 5.75 Å². The van der Waals surface area contributed by atoms with E-state index in [4.69, 9.17) is 10.5 Å². The maximum absolute atomic E-state index is 6.04. The van der Waals surface area contributed by atoms with Crippen LogP contribution < -0.4 is 15.8 Å². The average molecular weight is 304 g/mol. The maximum Gasteiger partial charge on any atom is 0.189 e. The highest BCUT2D eigenvalue weighted by Crippen LogP contribution is 2.31. The average Bonchev–Trinajstić information content (AvgIpc) is 2.54. The molecule has 0 bridgehead atoms. The third kappa shape index (κ3) is 4.63. The van der Waals surface area contributed by atoms with Crippen molar-refractivity contribution in [1.82, 2.24) is 10.2 Å². The molecule has 1 unspecified atom stereocenters. The Hall–Kier alpha value is -1.75. The molecule has 0 aromatic heterocycles. The lowest BCUT2D eigenvalue weighted by Gasteiger charge is -2.27. The second-order valence-electron chi connectivity index (χ2n) is 5.57. The topological polar surface area (TPSA) is 62.9 Å². The third-order valence-electron chi connectivity index (χ3n) is 3.97. The number of rotatable bonds is 7. The number of nitrogens with zero attached hydrogens (tertiary/aromatic N) is 2. The van der Waals surface area contributed by atoms with Crippen LogP contribution in [0.2, 0.25) is 0 Å². The molecular formula is C17H28N4O. The third-order valence-corrected chi connectivity index (χ3v) is 3.97. The molecule has 1 heterocycles. The van der Waals surface area contributed by atoms with E-state index in [1.54, 1.807) is 0 Å². The predicted molar refractivity (Wildman–Crippen MR) is 91.3 cm³/mol. The lowest BCUT2D eigenvalue weighted by molar-refractivity contribution is 0.262. The van der Waals surface area contributed by atoms with Gasteiger partial charge in [-0.1, -0.05) is 32.0 Å². The van der Waals surface area contributed by atoms with Gasteiger partial charge in [0.05, 0.1) is 19.2 Å². The van der Waals surface area contributed by atoms with Gasteiger partial charge in [0, 0.05) is 18.5 Å². The van der Waals surface area contributed by atoms with Crippen molar-refractivity contribution in [1.29, 1.82) is 0 Å². The van der Waals surface area contributed by atoms with Crippen molar-refractivity contribution < 1.29 is 4.74 Å². The van der Waals surface area contributed by atoms with Crippen LogP contribution >= 0.6 is 0 Å². The largest absolute Gasteiger partial charge is 0.493 e. The Bertz CT molecular complexity index is 489. The lowest BCUT2D eigenvalue weighted by atomic mass is 10.0. The molecule has 1 aromatic rings. The van der Waals surface area contributed by atoms with Crippen molar-refractivity contribution in [2.24, 2.45) is 10.7 Å². The number of benzene rings is 1. The highest BCUT2D eigenvalue weighted by Gasteiger charge is 2.21. The fraction of sp³-hybridized carbons (Fsp3) is 0.588. The molecule has 122 valence electrons. The van der Waals surface area contributed by atoms with Crippen LogP contribution in [0.5, 0.6) is 5.75 Å². The van der Waals surface area contributed by atoms with Crippen molar-refractivity contribution in [3.8, 4) is 5.75 Å². The van der Waals surface area contributed by atoms with Gasteiger partial charge in [-0.3, -0.25) is 4.99 Å². The fourth-order valence-electron chi connectivity index (χ4n) is 2.77. The van der Waals surface area contributed by atoms with Gasteiger partial charge in [0.15, 0.2) is 5.96 Å². The van der Waals surface area contributed by atoms with Crippen molar-refractivity contribution in [2.45, 2.75) is 32.7 Å². The molecule has 1 aromatic carbocycles. The normalized spacial score (nSPS) is 18.0. The molecule has 5 nitrogen and oxygen atoms in total. The SMILES string of the molecule is CCCN(CC)CCN=C(N)NC1CCOc2ccccc21. The van der Waals surface area contributed by atoms with Gasteiger partial charge < -0.3 is 20.7 Å².